The number of anilines is 1. The van der Waals surface area contributed by atoms with E-state index in [1.54, 1.807) is 0 Å². The zero-order valence-corrected chi connectivity index (χ0v) is 13.1. The number of carboxylic acids is 1. The average molecular weight is 305 g/mol. The van der Waals surface area contributed by atoms with E-state index in [0.717, 1.165) is 29.8 Å². The van der Waals surface area contributed by atoms with Crippen molar-refractivity contribution in [2.45, 2.75) is 39.5 Å². The van der Waals surface area contributed by atoms with Gasteiger partial charge in [0.15, 0.2) is 0 Å². The second-order valence-electron chi connectivity index (χ2n) is 5.80. The Balaban J connectivity index is 2.01. The molecule has 1 aromatic rings. The summed E-state index contributed by atoms with van der Waals surface area (Å²) in [6.07, 6.45) is 2.64. The molecule has 0 bridgehead atoms. The Labute approximate surface area is 130 Å². The fraction of sp³-hybridized carbons (Fsp3) is 0.529. The minimum atomic E-state index is -0.797. The Morgan fingerprint density at radius 2 is 2.05 bits per heavy atom. The van der Waals surface area contributed by atoms with Crippen LogP contribution in [0.25, 0.3) is 0 Å². The molecule has 1 saturated carbocycles. The molecule has 0 radical (unpaired) electrons. The highest BCUT2D eigenvalue weighted by Crippen LogP contribution is 2.31. The van der Waals surface area contributed by atoms with E-state index < -0.39 is 11.9 Å². The number of aliphatic carboxylic acids is 1. The molecule has 2 unspecified atom stereocenters. The standard InChI is InChI=1S/C17H23NO4/c1-3-22-14-7-8-15(11(2)9-14)18-16(19)12-5-4-6-13(10-12)17(20)21/h7-9,12-13H,3-6,10H2,1-2H3,(H,18,19)(H,20,21). The molecule has 0 aromatic heterocycles. The van der Waals surface area contributed by atoms with Crippen LogP contribution in [0.1, 0.15) is 38.2 Å². The molecule has 1 fully saturated rings. The molecule has 120 valence electrons. The highest BCUT2D eigenvalue weighted by molar-refractivity contribution is 5.93. The number of carboxylic acid groups (broad SMARTS) is 1. The number of carbonyl (C=O) groups excluding carboxylic acids is 1. The lowest BCUT2D eigenvalue weighted by Crippen LogP contribution is -2.31. The van der Waals surface area contributed by atoms with Gasteiger partial charge in [0.05, 0.1) is 12.5 Å². The van der Waals surface area contributed by atoms with Gasteiger partial charge in [-0.05, 0) is 56.9 Å². The number of rotatable bonds is 5. The third-order valence-corrected chi connectivity index (χ3v) is 4.16. The van der Waals surface area contributed by atoms with Crippen LogP contribution in [0.3, 0.4) is 0 Å². The third-order valence-electron chi connectivity index (χ3n) is 4.16. The lowest BCUT2D eigenvalue weighted by molar-refractivity contribution is -0.143. The van der Waals surface area contributed by atoms with Crippen LogP contribution in [0.5, 0.6) is 5.75 Å². The maximum Gasteiger partial charge on any atom is 0.306 e. The molecule has 0 saturated heterocycles. The second kappa shape index (κ2) is 7.29. The van der Waals surface area contributed by atoms with Gasteiger partial charge in [-0.2, -0.15) is 0 Å². The highest BCUT2D eigenvalue weighted by atomic mass is 16.5. The van der Waals surface area contributed by atoms with E-state index in [-0.39, 0.29) is 11.8 Å². The summed E-state index contributed by atoms with van der Waals surface area (Å²) in [4.78, 5) is 23.5. The van der Waals surface area contributed by atoms with E-state index in [4.69, 9.17) is 9.84 Å². The van der Waals surface area contributed by atoms with Crippen molar-refractivity contribution in [3.05, 3.63) is 23.8 Å². The average Bonchev–Trinajstić information content (AvgIpc) is 2.50. The molecular weight excluding hydrogens is 282 g/mol. The van der Waals surface area contributed by atoms with Gasteiger partial charge in [0.1, 0.15) is 5.75 Å². The molecule has 2 N–H and O–H groups in total. The van der Waals surface area contributed by atoms with Crippen LogP contribution in [0, 0.1) is 18.8 Å². The molecule has 1 aromatic carbocycles. The number of nitrogens with one attached hydrogen (secondary N) is 1. The van der Waals surface area contributed by atoms with Crippen molar-refractivity contribution in [3.63, 3.8) is 0 Å². The second-order valence-corrected chi connectivity index (χ2v) is 5.80. The Morgan fingerprint density at radius 3 is 2.68 bits per heavy atom. The monoisotopic (exact) mass is 305 g/mol. The molecule has 2 atom stereocenters. The molecule has 1 aliphatic rings. The third kappa shape index (κ3) is 4.00. The van der Waals surface area contributed by atoms with Gasteiger partial charge in [-0.3, -0.25) is 9.59 Å². The molecule has 0 aliphatic heterocycles. The lowest BCUT2D eigenvalue weighted by atomic mass is 9.81. The first kappa shape index (κ1) is 16.3. The number of hydrogen-bond donors (Lipinski definition) is 2. The Bertz CT molecular complexity index is 556. The van der Waals surface area contributed by atoms with Gasteiger partial charge in [-0.1, -0.05) is 6.42 Å². The van der Waals surface area contributed by atoms with Gasteiger partial charge in [-0.15, -0.1) is 0 Å². The smallest absolute Gasteiger partial charge is 0.306 e. The fourth-order valence-electron chi connectivity index (χ4n) is 2.92. The van der Waals surface area contributed by atoms with E-state index in [1.807, 2.05) is 32.0 Å². The highest BCUT2D eigenvalue weighted by Gasteiger charge is 2.31. The van der Waals surface area contributed by atoms with Crippen LogP contribution in [0.4, 0.5) is 5.69 Å². The summed E-state index contributed by atoms with van der Waals surface area (Å²) >= 11 is 0. The van der Waals surface area contributed by atoms with E-state index in [0.29, 0.717) is 19.4 Å². The quantitative estimate of drug-likeness (QED) is 0.875. The largest absolute Gasteiger partial charge is 0.494 e. The van der Waals surface area contributed by atoms with Crippen molar-refractivity contribution in [3.8, 4) is 5.75 Å². The molecule has 0 spiro atoms. The van der Waals surface area contributed by atoms with Gasteiger partial charge in [-0.25, -0.2) is 0 Å². The van der Waals surface area contributed by atoms with Crippen molar-refractivity contribution < 1.29 is 19.4 Å². The zero-order valence-electron chi connectivity index (χ0n) is 13.1. The Morgan fingerprint density at radius 1 is 1.32 bits per heavy atom. The summed E-state index contributed by atoms with van der Waals surface area (Å²) in [6, 6.07) is 5.54. The van der Waals surface area contributed by atoms with E-state index in [2.05, 4.69) is 5.32 Å². The van der Waals surface area contributed by atoms with Gasteiger partial charge in [0, 0.05) is 11.6 Å². The number of benzene rings is 1. The number of amides is 1. The molecule has 5 nitrogen and oxygen atoms in total. The summed E-state index contributed by atoms with van der Waals surface area (Å²) < 4.78 is 5.43. The van der Waals surface area contributed by atoms with Crippen LogP contribution >= 0.6 is 0 Å². The van der Waals surface area contributed by atoms with Gasteiger partial charge >= 0.3 is 5.97 Å². The maximum absolute atomic E-state index is 12.4. The predicted octanol–water partition coefficient (Wildman–Crippen LogP) is 3.22. The lowest BCUT2D eigenvalue weighted by Gasteiger charge is -2.26. The Kier molecular flexibility index (Phi) is 5.41. The van der Waals surface area contributed by atoms with Gasteiger partial charge in [0.25, 0.3) is 0 Å². The number of hydrogen-bond acceptors (Lipinski definition) is 3. The number of ether oxygens (including phenoxy) is 1. The van der Waals surface area contributed by atoms with Gasteiger partial charge in [0.2, 0.25) is 5.91 Å². The fourth-order valence-corrected chi connectivity index (χ4v) is 2.92. The first-order valence-corrected chi connectivity index (χ1v) is 7.78. The van der Waals surface area contributed by atoms with E-state index in [9.17, 15) is 9.59 Å². The van der Waals surface area contributed by atoms with Crippen LogP contribution in [-0.2, 0) is 9.59 Å². The van der Waals surface area contributed by atoms with Crippen molar-refractivity contribution in [1.29, 1.82) is 0 Å². The van der Waals surface area contributed by atoms with Crippen molar-refractivity contribution >= 4 is 17.6 Å². The molecule has 22 heavy (non-hydrogen) atoms. The summed E-state index contributed by atoms with van der Waals surface area (Å²) in [5, 5.41) is 12.0. The van der Waals surface area contributed by atoms with E-state index in [1.165, 1.54) is 0 Å². The van der Waals surface area contributed by atoms with Crippen molar-refractivity contribution in [1.82, 2.24) is 0 Å². The van der Waals surface area contributed by atoms with Crippen LogP contribution in [-0.4, -0.2) is 23.6 Å². The number of aryl methyl sites for hydroxylation is 1. The topological polar surface area (TPSA) is 75.6 Å². The molecule has 0 heterocycles. The normalized spacial score (nSPS) is 21.2. The molecule has 1 amide bonds. The first-order chi connectivity index (χ1) is 10.5. The predicted molar refractivity (Wildman–Crippen MR) is 84.1 cm³/mol. The molecular formula is C17H23NO4. The molecule has 1 aliphatic carbocycles. The minimum absolute atomic E-state index is 0.0850. The van der Waals surface area contributed by atoms with Gasteiger partial charge < -0.3 is 15.2 Å². The van der Waals surface area contributed by atoms with E-state index >= 15 is 0 Å². The minimum Gasteiger partial charge on any atom is -0.494 e. The zero-order chi connectivity index (χ0) is 16.1. The van der Waals surface area contributed by atoms with Crippen molar-refractivity contribution in [2.75, 3.05) is 11.9 Å². The van der Waals surface area contributed by atoms with Crippen LogP contribution < -0.4 is 10.1 Å². The van der Waals surface area contributed by atoms with Crippen LogP contribution in [0.2, 0.25) is 0 Å². The Hall–Kier alpha value is -2.04. The first-order valence-electron chi connectivity index (χ1n) is 7.78. The number of carbonyl (C=O) groups is 2. The summed E-state index contributed by atoms with van der Waals surface area (Å²) in [7, 11) is 0. The molecule has 5 heteroatoms. The molecule has 2 rings (SSSR count). The summed E-state index contributed by atoms with van der Waals surface area (Å²) in [5.41, 5.74) is 1.69. The van der Waals surface area contributed by atoms with Crippen molar-refractivity contribution in [2.24, 2.45) is 11.8 Å². The van der Waals surface area contributed by atoms with Crippen LogP contribution in [0.15, 0.2) is 18.2 Å². The maximum atomic E-state index is 12.4. The summed E-state index contributed by atoms with van der Waals surface area (Å²) in [5.74, 6) is -0.721. The summed E-state index contributed by atoms with van der Waals surface area (Å²) in [6.45, 7) is 4.44. The SMILES string of the molecule is CCOc1ccc(NC(=O)C2CCCC(C(=O)O)C2)c(C)c1.